The molecule has 90 valence electrons. The molecule has 0 N–H and O–H groups in total. The Labute approximate surface area is 107 Å². The minimum absolute atomic E-state index is 0.332. The molecular weight excluding hydrogens is 289 g/mol. The summed E-state index contributed by atoms with van der Waals surface area (Å²) in [6.45, 7) is 1.75. The van der Waals surface area contributed by atoms with Crippen LogP contribution in [0.15, 0.2) is 22.6 Å². The zero-order chi connectivity index (χ0) is 12.4. The minimum atomic E-state index is -0.332. The number of aryl methyl sites for hydroxylation is 1. The first kappa shape index (κ1) is 12.1. The molecule has 2 rings (SSSR count). The quantitative estimate of drug-likeness (QED) is 0.811. The number of aromatic nitrogens is 1. The van der Waals surface area contributed by atoms with E-state index in [-0.39, 0.29) is 5.82 Å². The van der Waals surface area contributed by atoms with Gasteiger partial charge in [0, 0.05) is 12.5 Å². The van der Waals surface area contributed by atoms with Crippen LogP contribution in [0, 0.1) is 12.7 Å². The van der Waals surface area contributed by atoms with Crippen molar-refractivity contribution in [1.82, 2.24) is 4.98 Å². The molecule has 5 heteroatoms. The summed E-state index contributed by atoms with van der Waals surface area (Å²) in [6.07, 6.45) is 0. The lowest BCUT2D eigenvalue weighted by molar-refractivity contribution is 0.415. The van der Waals surface area contributed by atoms with E-state index in [4.69, 9.17) is 9.15 Å². The van der Waals surface area contributed by atoms with Gasteiger partial charge >= 0.3 is 0 Å². The van der Waals surface area contributed by atoms with Crippen LogP contribution in [0.4, 0.5) is 4.39 Å². The van der Waals surface area contributed by atoms with Gasteiger partial charge in [0.25, 0.3) is 0 Å². The zero-order valence-electron chi connectivity index (χ0n) is 9.46. The van der Waals surface area contributed by atoms with Gasteiger partial charge in [-0.25, -0.2) is 9.37 Å². The SMILES string of the molecule is COc1ccc(F)cc1-c1nc(C)oc1CBr. The van der Waals surface area contributed by atoms with Crippen molar-refractivity contribution in [3.8, 4) is 17.0 Å². The Hall–Kier alpha value is -1.36. The topological polar surface area (TPSA) is 35.3 Å². The second-order valence-corrected chi connectivity index (χ2v) is 4.04. The summed E-state index contributed by atoms with van der Waals surface area (Å²) in [5.74, 6) is 1.44. The Morgan fingerprint density at radius 1 is 1.47 bits per heavy atom. The van der Waals surface area contributed by atoms with Crippen molar-refractivity contribution in [3.63, 3.8) is 0 Å². The Kier molecular flexibility index (Phi) is 3.47. The van der Waals surface area contributed by atoms with Crippen molar-refractivity contribution in [2.75, 3.05) is 7.11 Å². The first-order valence-corrected chi connectivity index (χ1v) is 6.14. The summed E-state index contributed by atoms with van der Waals surface area (Å²) >= 11 is 3.32. The summed E-state index contributed by atoms with van der Waals surface area (Å²) in [7, 11) is 1.54. The molecule has 0 atom stereocenters. The van der Waals surface area contributed by atoms with Gasteiger partial charge in [0.2, 0.25) is 0 Å². The van der Waals surface area contributed by atoms with Crippen LogP contribution < -0.4 is 4.74 Å². The molecule has 0 fully saturated rings. The van der Waals surface area contributed by atoms with E-state index >= 15 is 0 Å². The summed E-state index contributed by atoms with van der Waals surface area (Å²) < 4.78 is 23.9. The summed E-state index contributed by atoms with van der Waals surface area (Å²) in [6, 6.07) is 4.32. The normalized spacial score (nSPS) is 10.6. The second-order valence-electron chi connectivity index (χ2n) is 3.48. The van der Waals surface area contributed by atoms with Crippen LogP contribution in [0.25, 0.3) is 11.3 Å². The molecule has 0 spiro atoms. The maximum Gasteiger partial charge on any atom is 0.191 e. The lowest BCUT2D eigenvalue weighted by atomic mass is 10.1. The Balaban J connectivity index is 2.61. The number of oxazole rings is 1. The largest absolute Gasteiger partial charge is 0.496 e. The lowest BCUT2D eigenvalue weighted by Gasteiger charge is -2.06. The number of nitrogens with zero attached hydrogens (tertiary/aromatic N) is 1. The molecule has 0 aliphatic rings. The lowest BCUT2D eigenvalue weighted by Crippen LogP contribution is -1.91. The van der Waals surface area contributed by atoms with Crippen LogP contribution in [0.5, 0.6) is 5.75 Å². The van der Waals surface area contributed by atoms with Gasteiger partial charge in [-0.3, -0.25) is 0 Å². The third kappa shape index (κ3) is 2.34. The van der Waals surface area contributed by atoms with Crippen LogP contribution in [0.3, 0.4) is 0 Å². The fraction of sp³-hybridized carbons (Fsp3) is 0.250. The first-order valence-electron chi connectivity index (χ1n) is 5.02. The number of rotatable bonds is 3. The minimum Gasteiger partial charge on any atom is -0.496 e. The van der Waals surface area contributed by atoms with E-state index in [1.807, 2.05) is 0 Å². The fourth-order valence-electron chi connectivity index (χ4n) is 1.64. The summed E-state index contributed by atoms with van der Waals surface area (Å²) in [5, 5.41) is 0.517. The van der Waals surface area contributed by atoms with E-state index in [1.165, 1.54) is 19.2 Å². The number of hydrogen-bond acceptors (Lipinski definition) is 3. The molecule has 2 aromatic rings. The van der Waals surface area contributed by atoms with Crippen molar-refractivity contribution < 1.29 is 13.5 Å². The Morgan fingerprint density at radius 3 is 2.88 bits per heavy atom. The van der Waals surface area contributed by atoms with Gasteiger partial charge in [0.15, 0.2) is 5.89 Å². The van der Waals surface area contributed by atoms with E-state index < -0.39 is 0 Å². The zero-order valence-corrected chi connectivity index (χ0v) is 11.0. The van der Waals surface area contributed by atoms with Gasteiger partial charge in [0.1, 0.15) is 23.0 Å². The summed E-state index contributed by atoms with van der Waals surface area (Å²) in [5.41, 5.74) is 1.20. The molecule has 1 aromatic heterocycles. The Bertz CT molecular complexity index is 539. The van der Waals surface area contributed by atoms with E-state index in [2.05, 4.69) is 20.9 Å². The average molecular weight is 300 g/mol. The molecule has 0 amide bonds. The molecule has 0 unspecified atom stereocenters. The third-order valence-electron chi connectivity index (χ3n) is 2.34. The maximum absolute atomic E-state index is 13.3. The number of halogens is 2. The molecule has 1 heterocycles. The number of ether oxygens (including phenoxy) is 1. The molecular formula is C12H11BrFNO2. The maximum atomic E-state index is 13.3. The molecule has 3 nitrogen and oxygen atoms in total. The molecule has 0 aliphatic heterocycles. The molecule has 0 radical (unpaired) electrons. The molecule has 0 aliphatic carbocycles. The van der Waals surface area contributed by atoms with Crippen molar-refractivity contribution >= 4 is 15.9 Å². The van der Waals surface area contributed by atoms with Crippen molar-refractivity contribution in [2.24, 2.45) is 0 Å². The van der Waals surface area contributed by atoms with E-state index in [0.29, 0.717) is 34.0 Å². The van der Waals surface area contributed by atoms with E-state index in [9.17, 15) is 4.39 Å². The van der Waals surface area contributed by atoms with E-state index in [0.717, 1.165) is 0 Å². The third-order valence-corrected chi connectivity index (χ3v) is 2.85. The monoisotopic (exact) mass is 299 g/mol. The standard InChI is InChI=1S/C12H11BrFNO2/c1-7-15-12(11(6-13)17-7)9-5-8(14)3-4-10(9)16-2/h3-5H,6H2,1-2H3. The molecule has 0 saturated heterocycles. The van der Waals surface area contributed by atoms with Crippen LogP contribution in [0.1, 0.15) is 11.7 Å². The molecule has 0 bridgehead atoms. The van der Waals surface area contributed by atoms with Crippen molar-refractivity contribution in [2.45, 2.75) is 12.3 Å². The molecule has 1 aromatic carbocycles. The van der Waals surface area contributed by atoms with Crippen LogP contribution in [-0.2, 0) is 5.33 Å². The highest BCUT2D eigenvalue weighted by Gasteiger charge is 2.16. The van der Waals surface area contributed by atoms with Gasteiger partial charge in [-0.1, -0.05) is 15.9 Å². The number of methoxy groups -OCH3 is 1. The first-order chi connectivity index (χ1) is 8.15. The van der Waals surface area contributed by atoms with Gasteiger partial charge in [-0.15, -0.1) is 0 Å². The number of benzene rings is 1. The smallest absolute Gasteiger partial charge is 0.191 e. The van der Waals surface area contributed by atoms with Gasteiger partial charge < -0.3 is 9.15 Å². The molecule has 0 saturated carbocycles. The number of alkyl halides is 1. The predicted octanol–water partition coefficient (Wildman–Crippen LogP) is 3.69. The highest BCUT2D eigenvalue weighted by molar-refractivity contribution is 9.08. The van der Waals surface area contributed by atoms with Gasteiger partial charge in [0.05, 0.1) is 12.4 Å². The van der Waals surface area contributed by atoms with Crippen LogP contribution in [0.2, 0.25) is 0 Å². The van der Waals surface area contributed by atoms with E-state index in [1.54, 1.807) is 13.0 Å². The highest BCUT2D eigenvalue weighted by Crippen LogP contribution is 2.33. The number of hydrogen-bond donors (Lipinski definition) is 0. The Morgan fingerprint density at radius 2 is 2.24 bits per heavy atom. The molecule has 17 heavy (non-hydrogen) atoms. The van der Waals surface area contributed by atoms with Crippen molar-refractivity contribution in [1.29, 1.82) is 0 Å². The fourth-order valence-corrected chi connectivity index (χ4v) is 2.02. The van der Waals surface area contributed by atoms with Crippen LogP contribution >= 0.6 is 15.9 Å². The predicted molar refractivity (Wildman–Crippen MR) is 65.8 cm³/mol. The van der Waals surface area contributed by atoms with Crippen molar-refractivity contribution in [3.05, 3.63) is 35.7 Å². The van der Waals surface area contributed by atoms with Crippen LogP contribution in [-0.4, -0.2) is 12.1 Å². The highest BCUT2D eigenvalue weighted by atomic mass is 79.9. The second kappa shape index (κ2) is 4.87. The summed E-state index contributed by atoms with van der Waals surface area (Å²) in [4.78, 5) is 4.26. The van der Waals surface area contributed by atoms with Gasteiger partial charge in [-0.2, -0.15) is 0 Å². The van der Waals surface area contributed by atoms with Gasteiger partial charge in [-0.05, 0) is 18.2 Å². The average Bonchev–Trinajstić information content (AvgIpc) is 2.70.